The molecule has 4 aromatic rings. The van der Waals surface area contributed by atoms with E-state index in [1.165, 1.54) is 0 Å². The Morgan fingerprint density at radius 3 is 2.90 bits per heavy atom. The summed E-state index contributed by atoms with van der Waals surface area (Å²) in [6, 6.07) is 8.95. The summed E-state index contributed by atoms with van der Waals surface area (Å²) in [6.07, 6.45) is 3.47. The van der Waals surface area contributed by atoms with Crippen molar-refractivity contribution in [3.05, 3.63) is 42.4 Å². The summed E-state index contributed by atoms with van der Waals surface area (Å²) in [7, 11) is -3.65. The lowest BCUT2D eigenvalue weighted by molar-refractivity contribution is 0.469. The lowest BCUT2D eigenvalue weighted by atomic mass is 10.1. The second kappa shape index (κ2) is 7.12. The number of benzene rings is 1. The van der Waals surface area contributed by atoms with Gasteiger partial charge < -0.3 is 4.57 Å². The first-order valence-electron chi connectivity index (χ1n) is 9.62. The van der Waals surface area contributed by atoms with Gasteiger partial charge in [0.2, 0.25) is 10.0 Å². The maximum atomic E-state index is 13.3. The van der Waals surface area contributed by atoms with E-state index in [0.717, 1.165) is 48.1 Å². The van der Waals surface area contributed by atoms with Crippen LogP contribution in [0.25, 0.3) is 22.2 Å². The van der Waals surface area contributed by atoms with Gasteiger partial charge in [0.1, 0.15) is 27.3 Å². The molecule has 1 atom stereocenters. The first-order chi connectivity index (χ1) is 14.1. The summed E-state index contributed by atoms with van der Waals surface area (Å²) < 4.78 is 38.7. The van der Waals surface area contributed by atoms with Crippen LogP contribution >= 0.6 is 11.7 Å². The normalized spacial score (nSPS) is 18.2. The molecule has 10 heteroatoms. The van der Waals surface area contributed by atoms with Gasteiger partial charge in [-0.05, 0) is 37.1 Å². The van der Waals surface area contributed by atoms with Gasteiger partial charge in [-0.3, -0.25) is 0 Å². The molecule has 0 amide bonds. The minimum atomic E-state index is -3.65. The largest absolute Gasteiger partial charge is 0.312 e. The van der Waals surface area contributed by atoms with E-state index < -0.39 is 10.0 Å². The van der Waals surface area contributed by atoms with Crippen LogP contribution in [0.5, 0.6) is 0 Å². The molecule has 0 unspecified atom stereocenters. The van der Waals surface area contributed by atoms with Crippen molar-refractivity contribution in [1.82, 2.24) is 27.6 Å². The summed E-state index contributed by atoms with van der Waals surface area (Å²) in [5.74, 6) is 0.963. The third kappa shape index (κ3) is 3.02. The number of rotatable bonds is 5. The SMILES string of the molecule is CCCn1c([C@@H]2CCN(S(=O)(=O)c3cccc4nsnc34)C2)nc2cccnc21. The van der Waals surface area contributed by atoms with E-state index in [1.54, 1.807) is 28.7 Å². The molecule has 150 valence electrons. The number of nitrogens with zero attached hydrogens (tertiary/aromatic N) is 6. The van der Waals surface area contributed by atoms with Crippen LogP contribution in [0, 0.1) is 0 Å². The standard InChI is InChI=1S/C19H20N6O2S2/c1-2-10-25-18(21-15-6-4-9-20-19(15)25)13-8-11-24(12-13)29(26,27)16-7-3-5-14-17(16)23-28-22-14/h3-7,9,13H,2,8,10-12H2,1H3/t13-/m1/s1. The average Bonchev–Trinajstić information content (AvgIpc) is 3.46. The third-order valence-electron chi connectivity index (χ3n) is 5.36. The molecular weight excluding hydrogens is 408 g/mol. The summed E-state index contributed by atoms with van der Waals surface area (Å²) in [5.41, 5.74) is 2.78. The number of aromatic nitrogens is 5. The van der Waals surface area contributed by atoms with Crippen molar-refractivity contribution in [3.63, 3.8) is 0 Å². The minimum absolute atomic E-state index is 0.0401. The first-order valence-corrected chi connectivity index (χ1v) is 11.8. The van der Waals surface area contributed by atoms with Gasteiger partial charge in [0.15, 0.2) is 5.65 Å². The second-order valence-electron chi connectivity index (χ2n) is 7.20. The Bertz CT molecular complexity index is 1300. The van der Waals surface area contributed by atoms with Crippen molar-refractivity contribution in [3.8, 4) is 0 Å². The van der Waals surface area contributed by atoms with Gasteiger partial charge in [-0.15, -0.1) is 0 Å². The van der Waals surface area contributed by atoms with Gasteiger partial charge in [-0.1, -0.05) is 13.0 Å². The summed E-state index contributed by atoms with van der Waals surface area (Å²) >= 11 is 1.03. The molecule has 1 aliphatic heterocycles. The number of sulfonamides is 1. The van der Waals surface area contributed by atoms with Crippen molar-refractivity contribution in [2.75, 3.05) is 13.1 Å². The number of fused-ring (bicyclic) bond motifs is 2. The second-order valence-corrected chi connectivity index (χ2v) is 9.64. The zero-order valence-electron chi connectivity index (χ0n) is 15.9. The highest BCUT2D eigenvalue weighted by Gasteiger charge is 2.36. The lowest BCUT2D eigenvalue weighted by Gasteiger charge is -2.17. The Hall–Kier alpha value is -2.43. The van der Waals surface area contributed by atoms with Crippen molar-refractivity contribution >= 4 is 43.9 Å². The number of pyridine rings is 1. The van der Waals surface area contributed by atoms with Crippen LogP contribution in [0.3, 0.4) is 0 Å². The predicted octanol–water partition coefficient (Wildman–Crippen LogP) is 3.02. The monoisotopic (exact) mass is 428 g/mol. The topological polar surface area (TPSA) is 93.9 Å². The summed E-state index contributed by atoms with van der Waals surface area (Å²) in [5, 5.41) is 0. The molecule has 8 nitrogen and oxygen atoms in total. The molecule has 3 aromatic heterocycles. The molecule has 0 radical (unpaired) electrons. The molecule has 1 aromatic carbocycles. The third-order valence-corrected chi connectivity index (χ3v) is 7.80. The maximum Gasteiger partial charge on any atom is 0.245 e. The van der Waals surface area contributed by atoms with E-state index in [-0.39, 0.29) is 10.8 Å². The first kappa shape index (κ1) is 18.6. The van der Waals surface area contributed by atoms with Crippen molar-refractivity contribution < 1.29 is 8.42 Å². The zero-order valence-corrected chi connectivity index (χ0v) is 17.5. The van der Waals surface area contributed by atoms with Crippen molar-refractivity contribution in [2.45, 2.75) is 37.1 Å². The van der Waals surface area contributed by atoms with Crippen LogP contribution in [0.2, 0.25) is 0 Å². The molecule has 0 bridgehead atoms. The van der Waals surface area contributed by atoms with E-state index in [2.05, 4.69) is 25.2 Å². The Labute approximate surface area is 172 Å². The molecule has 0 aliphatic carbocycles. The van der Waals surface area contributed by atoms with Crippen LogP contribution in [-0.4, -0.2) is 49.1 Å². The van der Waals surface area contributed by atoms with Gasteiger partial charge >= 0.3 is 0 Å². The Kier molecular flexibility index (Phi) is 4.56. The molecule has 5 rings (SSSR count). The number of hydrogen-bond acceptors (Lipinski definition) is 7. The molecule has 0 N–H and O–H groups in total. The fraction of sp³-hybridized carbons (Fsp3) is 0.368. The predicted molar refractivity (Wildman–Crippen MR) is 111 cm³/mol. The molecule has 0 spiro atoms. The molecule has 1 aliphatic rings. The quantitative estimate of drug-likeness (QED) is 0.485. The molecule has 1 fully saturated rings. The molecule has 1 saturated heterocycles. The smallest absolute Gasteiger partial charge is 0.245 e. The van der Waals surface area contributed by atoms with E-state index in [4.69, 9.17) is 4.98 Å². The Balaban J connectivity index is 1.50. The Morgan fingerprint density at radius 2 is 2.03 bits per heavy atom. The number of aryl methyl sites for hydroxylation is 1. The van der Waals surface area contributed by atoms with Gasteiger partial charge in [0.05, 0.1) is 11.7 Å². The molecular formula is C19H20N6O2S2. The molecule has 29 heavy (non-hydrogen) atoms. The van der Waals surface area contributed by atoms with Crippen LogP contribution in [0.4, 0.5) is 0 Å². The number of hydrogen-bond donors (Lipinski definition) is 0. The van der Waals surface area contributed by atoms with Crippen LogP contribution < -0.4 is 0 Å². The van der Waals surface area contributed by atoms with Crippen LogP contribution in [-0.2, 0) is 16.6 Å². The fourth-order valence-corrected chi connectivity index (χ4v) is 6.27. The van der Waals surface area contributed by atoms with Gasteiger partial charge in [-0.25, -0.2) is 18.4 Å². The average molecular weight is 429 g/mol. The Morgan fingerprint density at radius 1 is 1.17 bits per heavy atom. The molecule has 4 heterocycles. The molecule has 0 saturated carbocycles. The highest BCUT2D eigenvalue weighted by atomic mass is 32.2. The van der Waals surface area contributed by atoms with Crippen LogP contribution in [0.15, 0.2) is 41.4 Å². The van der Waals surface area contributed by atoms with E-state index in [1.807, 2.05) is 12.1 Å². The van der Waals surface area contributed by atoms with E-state index in [0.29, 0.717) is 24.1 Å². The number of imidazole rings is 1. The van der Waals surface area contributed by atoms with E-state index in [9.17, 15) is 8.42 Å². The van der Waals surface area contributed by atoms with Gasteiger partial charge in [0.25, 0.3) is 0 Å². The lowest BCUT2D eigenvalue weighted by Crippen LogP contribution is -2.29. The summed E-state index contributed by atoms with van der Waals surface area (Å²) in [6.45, 7) is 3.80. The minimum Gasteiger partial charge on any atom is -0.312 e. The van der Waals surface area contributed by atoms with Gasteiger partial charge in [-0.2, -0.15) is 13.1 Å². The van der Waals surface area contributed by atoms with Gasteiger partial charge in [0, 0.05) is 31.7 Å². The fourth-order valence-electron chi connectivity index (χ4n) is 4.02. The summed E-state index contributed by atoms with van der Waals surface area (Å²) in [4.78, 5) is 9.52. The van der Waals surface area contributed by atoms with E-state index >= 15 is 0 Å². The highest BCUT2D eigenvalue weighted by Crippen LogP contribution is 2.33. The maximum absolute atomic E-state index is 13.3. The zero-order chi connectivity index (χ0) is 20.0. The highest BCUT2D eigenvalue weighted by molar-refractivity contribution is 7.89. The van der Waals surface area contributed by atoms with Crippen molar-refractivity contribution in [1.29, 1.82) is 0 Å². The van der Waals surface area contributed by atoms with Crippen LogP contribution in [0.1, 0.15) is 31.5 Å². The van der Waals surface area contributed by atoms with Crippen molar-refractivity contribution in [2.24, 2.45) is 0 Å².